The van der Waals surface area contributed by atoms with E-state index < -0.39 is 23.7 Å². The van der Waals surface area contributed by atoms with Crippen molar-refractivity contribution < 1.29 is 13.6 Å². The summed E-state index contributed by atoms with van der Waals surface area (Å²) >= 11 is 0. The van der Waals surface area contributed by atoms with Gasteiger partial charge < -0.3 is 14.8 Å². The van der Waals surface area contributed by atoms with Crippen LogP contribution in [0.5, 0.6) is 0 Å². The third-order valence-electron chi connectivity index (χ3n) is 6.94. The molecule has 0 fully saturated rings. The molecule has 1 aliphatic rings. The molecule has 2 aromatic heterocycles. The maximum absolute atomic E-state index is 14.5. The van der Waals surface area contributed by atoms with Crippen LogP contribution in [0.2, 0.25) is 0 Å². The van der Waals surface area contributed by atoms with Crippen molar-refractivity contribution in [3.63, 3.8) is 0 Å². The number of para-hydroxylation sites is 1. The maximum Gasteiger partial charge on any atom is 0.322 e. The zero-order valence-electron chi connectivity index (χ0n) is 20.9. The Morgan fingerprint density at radius 1 is 0.947 bits per heavy atom. The lowest BCUT2D eigenvalue weighted by molar-refractivity contribution is 0.194. The number of halogens is 2. The summed E-state index contributed by atoms with van der Waals surface area (Å²) in [6.07, 6.45) is 1.93. The number of aromatic nitrogens is 3. The number of rotatable bonds is 3. The first-order valence-electron chi connectivity index (χ1n) is 12.3. The number of urea groups is 1. The Bertz CT molecular complexity index is 1660. The Labute approximate surface area is 218 Å². The third-order valence-corrected chi connectivity index (χ3v) is 6.94. The van der Waals surface area contributed by atoms with Gasteiger partial charge >= 0.3 is 6.03 Å². The van der Waals surface area contributed by atoms with Crippen LogP contribution in [-0.4, -0.2) is 25.3 Å². The van der Waals surface area contributed by atoms with Crippen LogP contribution in [0.15, 0.2) is 91.1 Å². The van der Waals surface area contributed by atoms with Crippen molar-refractivity contribution in [3.8, 4) is 11.5 Å². The van der Waals surface area contributed by atoms with Crippen LogP contribution in [0.3, 0.4) is 0 Å². The van der Waals surface area contributed by atoms with Crippen molar-refractivity contribution in [1.29, 1.82) is 0 Å². The number of nitrogens with one attached hydrogen (secondary N) is 1. The number of nitrogens with zero attached hydrogens (tertiary/aromatic N) is 4. The lowest BCUT2D eigenvalue weighted by atomic mass is 10.0. The molecule has 3 aromatic carbocycles. The molecule has 6 nitrogen and oxygen atoms in total. The standard InChI is InChI=1S/C30H25F2N5O/c1-19-13-14-23(17-26(19)32)33-30(38)36-18-25-20(2)34-37(24-10-4-3-5-11-24)29(25)35-15-7-12-27(35)28(36)21-8-6-9-22(31)16-21/h3-17,28H,18H2,1-2H3,(H,33,38)/t28-/m1/s1. The van der Waals surface area contributed by atoms with Gasteiger partial charge in [0, 0.05) is 17.4 Å². The first kappa shape index (κ1) is 23.7. The highest BCUT2D eigenvalue weighted by Gasteiger charge is 2.36. The number of carbonyl (C=O) groups excluding carboxylic acids is 1. The van der Waals surface area contributed by atoms with Crippen molar-refractivity contribution in [2.24, 2.45) is 0 Å². The smallest absolute Gasteiger partial charge is 0.308 e. The summed E-state index contributed by atoms with van der Waals surface area (Å²) in [5, 5.41) is 7.67. The van der Waals surface area contributed by atoms with E-state index in [2.05, 4.69) is 5.32 Å². The maximum atomic E-state index is 14.5. The van der Waals surface area contributed by atoms with Crippen LogP contribution < -0.4 is 5.32 Å². The summed E-state index contributed by atoms with van der Waals surface area (Å²) in [6, 6.07) is 23.4. The molecule has 0 bridgehead atoms. The van der Waals surface area contributed by atoms with Gasteiger partial charge in [-0.05, 0) is 73.5 Å². The molecule has 3 heterocycles. The van der Waals surface area contributed by atoms with E-state index in [1.54, 1.807) is 30.0 Å². The van der Waals surface area contributed by atoms with Crippen LogP contribution in [0.25, 0.3) is 11.5 Å². The Balaban J connectivity index is 1.53. The van der Waals surface area contributed by atoms with Gasteiger partial charge in [0.15, 0.2) is 0 Å². The van der Waals surface area contributed by atoms with E-state index in [0.717, 1.165) is 28.5 Å². The Kier molecular flexibility index (Phi) is 5.79. The molecule has 190 valence electrons. The van der Waals surface area contributed by atoms with E-state index >= 15 is 0 Å². The fourth-order valence-electron chi connectivity index (χ4n) is 5.04. The van der Waals surface area contributed by atoms with Crippen LogP contribution in [-0.2, 0) is 6.54 Å². The molecule has 0 saturated heterocycles. The summed E-state index contributed by atoms with van der Waals surface area (Å²) in [6.45, 7) is 3.78. The molecule has 6 rings (SSSR count). The molecule has 0 radical (unpaired) electrons. The monoisotopic (exact) mass is 509 g/mol. The molecule has 5 aromatic rings. The fraction of sp³-hybridized carbons (Fsp3) is 0.133. The van der Waals surface area contributed by atoms with E-state index in [9.17, 15) is 13.6 Å². The number of anilines is 1. The quantitative estimate of drug-likeness (QED) is 0.294. The SMILES string of the molecule is Cc1ccc(NC(=O)N2Cc3c(C)nn(-c4ccccc4)c3-n3cccc3[C@H]2c2cccc(F)c2)cc1F. The normalized spacial score (nSPS) is 14.5. The van der Waals surface area contributed by atoms with Gasteiger partial charge in [-0.2, -0.15) is 5.10 Å². The van der Waals surface area contributed by atoms with Crippen molar-refractivity contribution in [3.05, 3.63) is 131 Å². The van der Waals surface area contributed by atoms with Gasteiger partial charge in [-0.15, -0.1) is 0 Å². The number of carbonyl (C=O) groups is 1. The molecule has 1 N–H and O–H groups in total. The van der Waals surface area contributed by atoms with E-state index in [1.807, 2.05) is 70.9 Å². The number of fused-ring (bicyclic) bond motifs is 3. The molecular formula is C30H25F2N5O. The molecule has 38 heavy (non-hydrogen) atoms. The Hall–Kier alpha value is -4.72. The fourth-order valence-corrected chi connectivity index (χ4v) is 5.04. The van der Waals surface area contributed by atoms with Gasteiger partial charge in [0.1, 0.15) is 17.5 Å². The number of benzene rings is 3. The molecule has 1 aliphatic heterocycles. The number of hydrogen-bond donors (Lipinski definition) is 1. The Morgan fingerprint density at radius 2 is 1.76 bits per heavy atom. The van der Waals surface area contributed by atoms with E-state index in [4.69, 9.17) is 5.10 Å². The van der Waals surface area contributed by atoms with Gasteiger partial charge in [0.2, 0.25) is 0 Å². The van der Waals surface area contributed by atoms with E-state index in [0.29, 0.717) is 16.8 Å². The lowest BCUT2D eigenvalue weighted by Crippen LogP contribution is -2.38. The predicted molar refractivity (Wildman–Crippen MR) is 142 cm³/mol. The minimum absolute atomic E-state index is 0.205. The molecule has 0 saturated carbocycles. The average molecular weight is 510 g/mol. The topological polar surface area (TPSA) is 55.1 Å². The molecule has 2 amide bonds. The first-order valence-corrected chi connectivity index (χ1v) is 12.3. The first-order chi connectivity index (χ1) is 18.4. The summed E-state index contributed by atoms with van der Waals surface area (Å²) in [4.78, 5) is 15.5. The summed E-state index contributed by atoms with van der Waals surface area (Å²) in [7, 11) is 0. The highest BCUT2D eigenvalue weighted by Crippen LogP contribution is 2.39. The predicted octanol–water partition coefficient (Wildman–Crippen LogP) is 6.70. The highest BCUT2D eigenvalue weighted by molar-refractivity contribution is 5.90. The van der Waals surface area contributed by atoms with Gasteiger partial charge in [-0.3, -0.25) is 0 Å². The van der Waals surface area contributed by atoms with Crippen molar-refractivity contribution in [2.45, 2.75) is 26.4 Å². The zero-order valence-corrected chi connectivity index (χ0v) is 20.9. The van der Waals surface area contributed by atoms with Crippen LogP contribution in [0, 0.1) is 25.5 Å². The molecular weight excluding hydrogens is 484 g/mol. The largest absolute Gasteiger partial charge is 0.322 e. The summed E-state index contributed by atoms with van der Waals surface area (Å²) < 4.78 is 32.6. The van der Waals surface area contributed by atoms with Gasteiger partial charge in [-0.1, -0.05) is 36.4 Å². The number of hydrogen-bond acceptors (Lipinski definition) is 2. The minimum Gasteiger partial charge on any atom is -0.308 e. The number of amides is 2. The zero-order chi connectivity index (χ0) is 26.4. The highest BCUT2D eigenvalue weighted by atomic mass is 19.1. The molecule has 0 unspecified atom stereocenters. The third kappa shape index (κ3) is 4.04. The van der Waals surface area contributed by atoms with Crippen molar-refractivity contribution >= 4 is 11.7 Å². The molecule has 1 atom stereocenters. The van der Waals surface area contributed by atoms with Crippen LogP contribution in [0.1, 0.15) is 34.1 Å². The summed E-state index contributed by atoms with van der Waals surface area (Å²) in [5.41, 5.74) is 4.73. The van der Waals surface area contributed by atoms with Crippen LogP contribution >= 0.6 is 0 Å². The average Bonchev–Trinajstić information content (AvgIpc) is 3.47. The second-order valence-corrected chi connectivity index (χ2v) is 9.42. The van der Waals surface area contributed by atoms with E-state index in [1.165, 1.54) is 18.2 Å². The van der Waals surface area contributed by atoms with Crippen LogP contribution in [0.4, 0.5) is 19.3 Å². The second kappa shape index (κ2) is 9.30. The van der Waals surface area contributed by atoms with Crippen molar-refractivity contribution in [2.75, 3.05) is 5.32 Å². The van der Waals surface area contributed by atoms with Crippen molar-refractivity contribution in [1.82, 2.24) is 19.2 Å². The summed E-state index contributed by atoms with van der Waals surface area (Å²) in [5.74, 6) is 0.0123. The van der Waals surface area contributed by atoms with Gasteiger partial charge in [0.05, 0.1) is 29.7 Å². The second-order valence-electron chi connectivity index (χ2n) is 9.42. The Morgan fingerprint density at radius 3 is 2.53 bits per heavy atom. The van der Waals surface area contributed by atoms with Gasteiger partial charge in [-0.25, -0.2) is 18.3 Å². The molecule has 0 spiro atoms. The van der Waals surface area contributed by atoms with Gasteiger partial charge in [0.25, 0.3) is 0 Å². The van der Waals surface area contributed by atoms with E-state index in [-0.39, 0.29) is 6.54 Å². The lowest BCUT2D eigenvalue weighted by Gasteiger charge is -2.31. The molecule has 0 aliphatic carbocycles. The minimum atomic E-state index is -0.619. The number of aryl methyl sites for hydroxylation is 2. The molecule has 8 heteroatoms.